The highest BCUT2D eigenvalue weighted by atomic mass is 79.9. The van der Waals surface area contributed by atoms with Crippen molar-refractivity contribution in [1.82, 2.24) is 0 Å². The van der Waals surface area contributed by atoms with Gasteiger partial charge >= 0.3 is 0 Å². The van der Waals surface area contributed by atoms with Gasteiger partial charge in [-0.05, 0) is 55.5 Å². The van der Waals surface area contributed by atoms with Crippen molar-refractivity contribution in [2.24, 2.45) is 0 Å². The van der Waals surface area contributed by atoms with E-state index in [-0.39, 0.29) is 4.90 Å². The molecule has 0 aliphatic rings. The number of sulfonamides is 1. The van der Waals surface area contributed by atoms with Gasteiger partial charge in [-0.15, -0.1) is 0 Å². The van der Waals surface area contributed by atoms with Gasteiger partial charge < -0.3 is 14.8 Å². The number of hydrogen-bond donors (Lipinski definition) is 1. The molecule has 168 valence electrons. The van der Waals surface area contributed by atoms with Crippen LogP contribution in [0.5, 0.6) is 11.5 Å². The van der Waals surface area contributed by atoms with E-state index in [0.717, 1.165) is 14.3 Å². The number of rotatable bonds is 8. The molecule has 0 fully saturated rings. The van der Waals surface area contributed by atoms with E-state index in [2.05, 4.69) is 21.2 Å². The molecule has 3 rings (SSSR count). The third kappa shape index (κ3) is 5.41. The first-order chi connectivity index (χ1) is 15.2. The van der Waals surface area contributed by atoms with E-state index in [1.807, 2.05) is 6.92 Å². The number of anilines is 2. The van der Waals surface area contributed by atoms with Crippen molar-refractivity contribution in [2.75, 3.05) is 30.4 Å². The molecule has 0 radical (unpaired) electrons. The normalized spacial score (nSPS) is 11.0. The lowest BCUT2D eigenvalue weighted by molar-refractivity contribution is -0.114. The van der Waals surface area contributed by atoms with Crippen molar-refractivity contribution >= 4 is 43.2 Å². The summed E-state index contributed by atoms with van der Waals surface area (Å²) in [5.74, 6) is 0.460. The van der Waals surface area contributed by atoms with Crippen LogP contribution in [0.2, 0.25) is 0 Å². The van der Waals surface area contributed by atoms with Gasteiger partial charge in [0.25, 0.3) is 10.0 Å². The Balaban J connectivity index is 1.91. The van der Waals surface area contributed by atoms with Crippen molar-refractivity contribution in [3.8, 4) is 11.5 Å². The average Bonchev–Trinajstić information content (AvgIpc) is 2.78. The summed E-state index contributed by atoms with van der Waals surface area (Å²) >= 11 is 3.35. The Morgan fingerprint density at radius 2 is 1.56 bits per heavy atom. The summed E-state index contributed by atoms with van der Waals surface area (Å²) in [7, 11) is -0.973. The van der Waals surface area contributed by atoms with Crippen LogP contribution < -0.4 is 19.1 Å². The molecule has 1 amide bonds. The molecule has 0 heterocycles. The smallest absolute Gasteiger partial charge is 0.264 e. The summed E-state index contributed by atoms with van der Waals surface area (Å²) in [5, 5.41) is 2.72. The van der Waals surface area contributed by atoms with Crippen LogP contribution in [-0.4, -0.2) is 35.1 Å². The number of ether oxygens (including phenoxy) is 2. The highest BCUT2D eigenvalue weighted by Gasteiger charge is 2.27. The molecule has 0 unspecified atom stereocenters. The number of hydrogen-bond acceptors (Lipinski definition) is 5. The maximum absolute atomic E-state index is 13.4. The van der Waals surface area contributed by atoms with E-state index in [1.165, 1.54) is 26.4 Å². The van der Waals surface area contributed by atoms with Crippen LogP contribution in [0, 0.1) is 6.92 Å². The number of halogens is 1. The van der Waals surface area contributed by atoms with Gasteiger partial charge in [0, 0.05) is 16.2 Å². The van der Waals surface area contributed by atoms with E-state index in [9.17, 15) is 13.2 Å². The highest BCUT2D eigenvalue weighted by molar-refractivity contribution is 9.10. The number of aryl methyl sites for hydroxylation is 1. The fourth-order valence-electron chi connectivity index (χ4n) is 3.00. The Morgan fingerprint density at radius 3 is 2.16 bits per heavy atom. The maximum Gasteiger partial charge on any atom is 0.264 e. The van der Waals surface area contributed by atoms with Crippen molar-refractivity contribution in [3.63, 3.8) is 0 Å². The monoisotopic (exact) mass is 518 g/mol. The zero-order valence-electron chi connectivity index (χ0n) is 17.8. The fourth-order valence-corrected chi connectivity index (χ4v) is 4.69. The summed E-state index contributed by atoms with van der Waals surface area (Å²) in [4.78, 5) is 13.0. The van der Waals surface area contributed by atoms with Crippen LogP contribution in [0.3, 0.4) is 0 Å². The third-order valence-corrected chi connectivity index (χ3v) is 6.99. The van der Waals surface area contributed by atoms with Crippen LogP contribution in [0.25, 0.3) is 0 Å². The predicted molar refractivity (Wildman–Crippen MR) is 128 cm³/mol. The second-order valence-corrected chi connectivity index (χ2v) is 9.70. The summed E-state index contributed by atoms with van der Waals surface area (Å²) in [6.07, 6.45) is 0. The lowest BCUT2D eigenvalue weighted by Crippen LogP contribution is -2.38. The largest absolute Gasteiger partial charge is 0.493 e. The van der Waals surface area contributed by atoms with Gasteiger partial charge in [-0.1, -0.05) is 33.6 Å². The number of carbonyl (C=O) groups is 1. The molecule has 3 aromatic rings. The van der Waals surface area contributed by atoms with E-state index >= 15 is 0 Å². The van der Waals surface area contributed by atoms with Crippen molar-refractivity contribution in [1.29, 1.82) is 0 Å². The van der Waals surface area contributed by atoms with Gasteiger partial charge in [0.1, 0.15) is 6.54 Å². The molecular formula is C23H23BrN2O5S. The van der Waals surface area contributed by atoms with Crippen molar-refractivity contribution in [3.05, 3.63) is 76.8 Å². The molecule has 0 aliphatic heterocycles. The molecule has 7 nitrogen and oxygen atoms in total. The van der Waals surface area contributed by atoms with Gasteiger partial charge in [-0.25, -0.2) is 8.42 Å². The lowest BCUT2D eigenvalue weighted by Gasteiger charge is -2.24. The molecule has 0 bridgehead atoms. The SMILES string of the molecule is COc1ccc(NC(=O)CN(c2ccc(Br)cc2)S(=O)(=O)c2ccc(C)cc2)cc1OC. The Bertz CT molecular complexity index is 1200. The van der Waals surface area contributed by atoms with Crippen molar-refractivity contribution < 1.29 is 22.7 Å². The molecule has 9 heteroatoms. The molecule has 0 saturated heterocycles. The minimum absolute atomic E-state index is 0.102. The van der Waals surface area contributed by atoms with Crippen molar-refractivity contribution in [2.45, 2.75) is 11.8 Å². The molecule has 0 aliphatic carbocycles. The van der Waals surface area contributed by atoms with Crippen LogP contribution >= 0.6 is 15.9 Å². The van der Waals surface area contributed by atoms with Crippen LogP contribution in [-0.2, 0) is 14.8 Å². The van der Waals surface area contributed by atoms with E-state index in [4.69, 9.17) is 9.47 Å². The Kier molecular flexibility index (Phi) is 7.42. The van der Waals surface area contributed by atoms with Gasteiger partial charge in [-0.2, -0.15) is 0 Å². The van der Waals surface area contributed by atoms with E-state index in [1.54, 1.807) is 54.6 Å². The zero-order valence-corrected chi connectivity index (χ0v) is 20.2. The number of carbonyl (C=O) groups excluding carboxylic acids is 1. The molecular weight excluding hydrogens is 496 g/mol. The van der Waals surface area contributed by atoms with E-state index in [0.29, 0.717) is 22.9 Å². The number of methoxy groups -OCH3 is 2. The Hall–Kier alpha value is -3.04. The Labute approximate surface area is 196 Å². The fraction of sp³-hybridized carbons (Fsp3) is 0.174. The molecule has 32 heavy (non-hydrogen) atoms. The lowest BCUT2D eigenvalue weighted by atomic mass is 10.2. The number of amides is 1. The van der Waals surface area contributed by atoms with Gasteiger partial charge in [-0.3, -0.25) is 9.10 Å². The number of benzene rings is 3. The quantitative estimate of drug-likeness (QED) is 0.470. The van der Waals surface area contributed by atoms with Crippen LogP contribution in [0.15, 0.2) is 76.1 Å². The second kappa shape index (κ2) is 10.1. The standard InChI is InChI=1S/C23H23BrN2O5S/c1-16-4-11-20(12-5-16)32(28,29)26(19-9-6-17(24)7-10-19)15-23(27)25-18-8-13-21(30-2)22(14-18)31-3/h4-14H,15H2,1-3H3,(H,25,27). The van der Waals surface area contributed by atoms with Gasteiger partial charge in [0.05, 0.1) is 24.8 Å². The topological polar surface area (TPSA) is 84.9 Å². The molecule has 0 aromatic heterocycles. The minimum atomic E-state index is -3.98. The maximum atomic E-state index is 13.4. The zero-order chi connectivity index (χ0) is 23.3. The van der Waals surface area contributed by atoms with Crippen LogP contribution in [0.1, 0.15) is 5.56 Å². The van der Waals surface area contributed by atoms with Crippen LogP contribution in [0.4, 0.5) is 11.4 Å². The summed E-state index contributed by atoms with van der Waals surface area (Å²) in [6, 6.07) is 18.1. The van der Waals surface area contributed by atoms with E-state index < -0.39 is 22.5 Å². The highest BCUT2D eigenvalue weighted by Crippen LogP contribution is 2.30. The molecule has 3 aromatic carbocycles. The molecule has 0 saturated carbocycles. The number of nitrogens with zero attached hydrogens (tertiary/aromatic N) is 1. The first kappa shape index (κ1) is 23.6. The first-order valence-electron chi connectivity index (χ1n) is 9.61. The predicted octanol–water partition coefficient (Wildman–Crippen LogP) is 4.61. The summed E-state index contributed by atoms with van der Waals surface area (Å²) in [6.45, 7) is 1.46. The van der Waals surface area contributed by atoms with Gasteiger partial charge in [0.15, 0.2) is 11.5 Å². The Morgan fingerprint density at radius 1 is 0.938 bits per heavy atom. The first-order valence-corrected chi connectivity index (χ1v) is 11.8. The number of nitrogens with one attached hydrogen (secondary N) is 1. The average molecular weight is 519 g/mol. The molecule has 0 spiro atoms. The minimum Gasteiger partial charge on any atom is -0.493 e. The summed E-state index contributed by atoms with van der Waals surface area (Å²) in [5.41, 5.74) is 1.76. The third-order valence-electron chi connectivity index (χ3n) is 4.68. The molecule has 0 atom stereocenters. The summed E-state index contributed by atoms with van der Waals surface area (Å²) < 4.78 is 39.1. The van der Waals surface area contributed by atoms with Gasteiger partial charge in [0.2, 0.25) is 5.91 Å². The second-order valence-electron chi connectivity index (χ2n) is 6.92. The molecule has 1 N–H and O–H groups in total.